The third-order valence-electron chi connectivity index (χ3n) is 1.65. The van der Waals surface area contributed by atoms with Crippen molar-refractivity contribution in [2.45, 2.75) is 25.3 Å². The monoisotopic (exact) mass is 114 g/mol. The fourth-order valence-corrected chi connectivity index (χ4v) is 0.717. The van der Waals surface area contributed by atoms with Crippen LogP contribution in [0.2, 0.25) is 0 Å². The van der Waals surface area contributed by atoms with Crippen molar-refractivity contribution in [2.24, 2.45) is 0 Å². The molecule has 0 aromatic heterocycles. The lowest BCUT2D eigenvalue weighted by Gasteiger charge is -2.07. The lowest BCUT2D eigenvalue weighted by atomic mass is 10.3. The minimum absolute atomic E-state index is 0.00951. The topological polar surface area (TPSA) is 31.9 Å². The Morgan fingerprint density at radius 2 is 2.25 bits per heavy atom. The maximum Gasteiger partial charge on any atom is 0.0946 e. The Kier molecular flexibility index (Phi) is 1.54. The molecule has 1 N–H and O–H groups in total. The molecule has 1 saturated carbocycles. The maximum atomic E-state index is 9.94. The van der Waals surface area contributed by atoms with E-state index in [4.69, 9.17) is 0 Å². The number of nitrogens with one attached hydrogen (secondary N) is 1. The SMILES string of the molecule is CC1(NCC[O])CC1. The van der Waals surface area contributed by atoms with Crippen molar-refractivity contribution in [3.63, 3.8) is 0 Å². The Balaban J connectivity index is 2.01. The van der Waals surface area contributed by atoms with E-state index in [0.29, 0.717) is 12.1 Å². The zero-order valence-corrected chi connectivity index (χ0v) is 5.24. The number of hydrogen-bond acceptors (Lipinski definition) is 1. The molecule has 1 rings (SSSR count). The van der Waals surface area contributed by atoms with Crippen LogP contribution in [0.25, 0.3) is 0 Å². The normalized spacial score (nSPS) is 23.2. The molecule has 1 aliphatic rings. The second-order valence-corrected chi connectivity index (χ2v) is 2.69. The molecule has 0 aliphatic heterocycles. The quantitative estimate of drug-likeness (QED) is 0.571. The molecule has 1 aliphatic carbocycles. The first-order valence-electron chi connectivity index (χ1n) is 3.10. The Bertz CT molecular complexity index is 78.6. The van der Waals surface area contributed by atoms with Gasteiger partial charge in [-0.1, -0.05) is 0 Å². The van der Waals surface area contributed by atoms with Crippen LogP contribution < -0.4 is 5.32 Å². The first kappa shape index (κ1) is 6.05. The van der Waals surface area contributed by atoms with Crippen LogP contribution in [0.3, 0.4) is 0 Å². The standard InChI is InChI=1S/C6H12NO/c1-6(2-3-6)7-4-5-8/h7H,2-5H2,1H3. The number of rotatable bonds is 3. The third kappa shape index (κ3) is 1.46. The van der Waals surface area contributed by atoms with Gasteiger partial charge in [0.25, 0.3) is 0 Å². The lowest BCUT2D eigenvalue weighted by molar-refractivity contribution is 0.189. The van der Waals surface area contributed by atoms with Crippen molar-refractivity contribution in [2.75, 3.05) is 13.2 Å². The minimum Gasteiger partial charge on any atom is -0.309 e. The molecule has 0 saturated heterocycles. The van der Waals surface area contributed by atoms with E-state index in [1.807, 2.05) is 0 Å². The molecule has 47 valence electrons. The van der Waals surface area contributed by atoms with E-state index in [1.54, 1.807) is 0 Å². The van der Waals surface area contributed by atoms with Gasteiger partial charge in [-0.15, -0.1) is 0 Å². The Morgan fingerprint density at radius 1 is 1.62 bits per heavy atom. The third-order valence-corrected chi connectivity index (χ3v) is 1.65. The van der Waals surface area contributed by atoms with Gasteiger partial charge in [-0.25, -0.2) is 5.11 Å². The van der Waals surface area contributed by atoms with Gasteiger partial charge in [0.2, 0.25) is 0 Å². The van der Waals surface area contributed by atoms with E-state index in [9.17, 15) is 5.11 Å². The van der Waals surface area contributed by atoms with E-state index < -0.39 is 0 Å². The number of hydrogen-bond donors (Lipinski definition) is 1. The van der Waals surface area contributed by atoms with Crippen LogP contribution in [0.5, 0.6) is 0 Å². The van der Waals surface area contributed by atoms with Crippen molar-refractivity contribution in [1.29, 1.82) is 0 Å². The van der Waals surface area contributed by atoms with Crippen molar-refractivity contribution < 1.29 is 5.11 Å². The molecular formula is C6H12NO. The summed E-state index contributed by atoms with van der Waals surface area (Å²) in [5.74, 6) is 0. The lowest BCUT2D eigenvalue weighted by Crippen LogP contribution is -2.29. The van der Waals surface area contributed by atoms with E-state index in [1.165, 1.54) is 12.8 Å². The predicted molar refractivity (Wildman–Crippen MR) is 31.2 cm³/mol. The molecule has 0 amide bonds. The molecule has 0 bridgehead atoms. The average molecular weight is 114 g/mol. The van der Waals surface area contributed by atoms with Gasteiger partial charge in [-0.2, -0.15) is 0 Å². The largest absolute Gasteiger partial charge is 0.309 e. The summed E-state index contributed by atoms with van der Waals surface area (Å²) >= 11 is 0. The highest BCUT2D eigenvalue weighted by Crippen LogP contribution is 2.33. The van der Waals surface area contributed by atoms with E-state index >= 15 is 0 Å². The molecule has 0 aromatic rings. The molecule has 0 unspecified atom stereocenters. The highest BCUT2D eigenvalue weighted by molar-refractivity contribution is 4.96. The van der Waals surface area contributed by atoms with Crippen LogP contribution in [-0.2, 0) is 5.11 Å². The molecule has 0 aromatic carbocycles. The zero-order valence-electron chi connectivity index (χ0n) is 5.24. The summed E-state index contributed by atoms with van der Waals surface area (Å²) in [7, 11) is 0. The van der Waals surface area contributed by atoms with Gasteiger partial charge >= 0.3 is 0 Å². The summed E-state index contributed by atoms with van der Waals surface area (Å²) in [5.41, 5.74) is 0.352. The van der Waals surface area contributed by atoms with Gasteiger partial charge in [0.05, 0.1) is 6.61 Å². The fraction of sp³-hybridized carbons (Fsp3) is 1.00. The Morgan fingerprint density at radius 3 is 2.62 bits per heavy atom. The van der Waals surface area contributed by atoms with Crippen LogP contribution >= 0.6 is 0 Å². The highest BCUT2D eigenvalue weighted by atomic mass is 16.3. The van der Waals surface area contributed by atoms with E-state index in [-0.39, 0.29) is 6.61 Å². The van der Waals surface area contributed by atoms with Crippen LogP contribution in [0, 0.1) is 0 Å². The first-order chi connectivity index (χ1) is 3.77. The molecule has 2 nitrogen and oxygen atoms in total. The van der Waals surface area contributed by atoms with E-state index in [0.717, 1.165) is 0 Å². The second kappa shape index (κ2) is 2.03. The summed E-state index contributed by atoms with van der Waals surface area (Å²) in [6.07, 6.45) is 2.49. The minimum atomic E-state index is 0.00951. The predicted octanol–water partition coefficient (Wildman–Crippen LogP) is 0.559. The van der Waals surface area contributed by atoms with Crippen LogP contribution in [0.1, 0.15) is 19.8 Å². The van der Waals surface area contributed by atoms with Crippen LogP contribution in [0.15, 0.2) is 0 Å². The molecule has 0 heterocycles. The van der Waals surface area contributed by atoms with Crippen LogP contribution in [0.4, 0.5) is 0 Å². The Hall–Kier alpha value is -0.0800. The molecular weight excluding hydrogens is 102 g/mol. The summed E-state index contributed by atoms with van der Waals surface area (Å²) in [4.78, 5) is 0. The van der Waals surface area contributed by atoms with Gasteiger partial charge < -0.3 is 5.32 Å². The van der Waals surface area contributed by atoms with Gasteiger partial charge in [0, 0.05) is 12.1 Å². The van der Waals surface area contributed by atoms with Gasteiger partial charge in [0.1, 0.15) is 0 Å². The average Bonchev–Trinajstić information content (AvgIpc) is 2.45. The molecule has 1 fully saturated rings. The molecule has 0 atom stereocenters. The summed E-state index contributed by atoms with van der Waals surface area (Å²) < 4.78 is 0. The first-order valence-corrected chi connectivity index (χ1v) is 3.10. The fourth-order valence-electron chi connectivity index (χ4n) is 0.717. The van der Waals surface area contributed by atoms with Gasteiger partial charge in [0.15, 0.2) is 0 Å². The molecule has 0 spiro atoms. The molecule has 2 heteroatoms. The van der Waals surface area contributed by atoms with Crippen LogP contribution in [-0.4, -0.2) is 18.7 Å². The van der Waals surface area contributed by atoms with Crippen molar-refractivity contribution >= 4 is 0 Å². The van der Waals surface area contributed by atoms with Gasteiger partial charge in [-0.05, 0) is 19.8 Å². The van der Waals surface area contributed by atoms with Gasteiger partial charge in [-0.3, -0.25) is 0 Å². The Labute approximate surface area is 49.9 Å². The van der Waals surface area contributed by atoms with E-state index in [2.05, 4.69) is 12.2 Å². The smallest absolute Gasteiger partial charge is 0.0946 e. The zero-order chi connectivity index (χ0) is 6.04. The highest BCUT2D eigenvalue weighted by Gasteiger charge is 2.35. The van der Waals surface area contributed by atoms with Crippen molar-refractivity contribution in [3.05, 3.63) is 0 Å². The molecule has 8 heavy (non-hydrogen) atoms. The van der Waals surface area contributed by atoms with Crippen molar-refractivity contribution in [3.8, 4) is 0 Å². The van der Waals surface area contributed by atoms with Crippen molar-refractivity contribution in [1.82, 2.24) is 5.32 Å². The summed E-state index contributed by atoms with van der Waals surface area (Å²) in [5, 5.41) is 13.1. The summed E-state index contributed by atoms with van der Waals surface area (Å²) in [6, 6.07) is 0. The summed E-state index contributed by atoms with van der Waals surface area (Å²) in [6.45, 7) is 2.80. The second-order valence-electron chi connectivity index (χ2n) is 2.69. The molecule has 1 radical (unpaired) electrons. The maximum absolute atomic E-state index is 9.94.